The molecule has 1 aliphatic heterocycles. The van der Waals surface area contributed by atoms with Crippen molar-refractivity contribution in [3.8, 4) is 11.5 Å². The van der Waals surface area contributed by atoms with Crippen molar-refractivity contribution in [1.29, 1.82) is 0 Å². The van der Waals surface area contributed by atoms with E-state index in [2.05, 4.69) is 62.5 Å². The van der Waals surface area contributed by atoms with Crippen LogP contribution in [0.5, 0.6) is 11.5 Å². The maximum absolute atomic E-state index is 6.13. The third-order valence-electron chi connectivity index (χ3n) is 6.55. The number of hydrogen-bond acceptors (Lipinski definition) is 4. The molecule has 0 spiro atoms. The van der Waals surface area contributed by atoms with Crippen LogP contribution in [-0.2, 0) is 16.7 Å². The van der Waals surface area contributed by atoms with Gasteiger partial charge in [0.1, 0.15) is 0 Å². The minimum absolute atomic E-state index is 0.171. The van der Waals surface area contributed by atoms with Crippen molar-refractivity contribution in [3.05, 3.63) is 59.2 Å². The van der Waals surface area contributed by atoms with Crippen LogP contribution in [-0.4, -0.2) is 33.0 Å². The van der Waals surface area contributed by atoms with E-state index in [-0.39, 0.29) is 5.41 Å². The van der Waals surface area contributed by atoms with Gasteiger partial charge in [0.15, 0.2) is 11.5 Å². The molecule has 1 heterocycles. The van der Waals surface area contributed by atoms with Gasteiger partial charge in [-0.25, -0.2) is 0 Å². The van der Waals surface area contributed by atoms with Crippen molar-refractivity contribution in [2.45, 2.75) is 65.0 Å². The lowest BCUT2D eigenvalue weighted by Crippen LogP contribution is -2.42. The third-order valence-corrected chi connectivity index (χ3v) is 6.55. The van der Waals surface area contributed by atoms with Crippen LogP contribution in [0.15, 0.2) is 42.5 Å². The molecule has 0 aromatic heterocycles. The molecule has 31 heavy (non-hydrogen) atoms. The number of ether oxygens (including phenoxy) is 3. The minimum Gasteiger partial charge on any atom is -0.493 e. The highest BCUT2D eigenvalue weighted by Crippen LogP contribution is 2.41. The highest BCUT2D eigenvalue weighted by Gasteiger charge is 2.39. The fraction of sp³-hybridized carbons (Fsp3) is 0.556. The van der Waals surface area contributed by atoms with Crippen molar-refractivity contribution in [2.24, 2.45) is 5.92 Å². The van der Waals surface area contributed by atoms with E-state index >= 15 is 0 Å². The fourth-order valence-electron chi connectivity index (χ4n) is 4.58. The number of hydrogen-bond donors (Lipinski definition) is 1. The Morgan fingerprint density at radius 2 is 1.90 bits per heavy atom. The molecule has 2 atom stereocenters. The average molecular weight is 426 g/mol. The number of rotatable bonds is 10. The molecule has 0 aliphatic carbocycles. The number of methoxy groups -OCH3 is 1. The predicted octanol–water partition coefficient (Wildman–Crippen LogP) is 5.66. The predicted molar refractivity (Wildman–Crippen MR) is 127 cm³/mol. The lowest BCUT2D eigenvalue weighted by Gasteiger charge is -2.43. The smallest absolute Gasteiger partial charge is 0.161 e. The molecule has 0 radical (unpaired) electrons. The summed E-state index contributed by atoms with van der Waals surface area (Å²) in [6.07, 6.45) is 3.60. The summed E-state index contributed by atoms with van der Waals surface area (Å²) in [4.78, 5) is 0. The number of nitrogens with one attached hydrogen (secondary N) is 1. The number of aryl methyl sites for hydroxylation is 1. The first-order valence-electron chi connectivity index (χ1n) is 11.7. The van der Waals surface area contributed by atoms with E-state index < -0.39 is 0 Å². The molecular formula is C27H39NO3. The van der Waals surface area contributed by atoms with Gasteiger partial charge in [-0.1, -0.05) is 49.7 Å². The molecule has 2 aromatic rings. The second-order valence-electron chi connectivity index (χ2n) is 9.10. The molecule has 0 saturated carbocycles. The quantitative estimate of drug-likeness (QED) is 0.499. The van der Waals surface area contributed by atoms with Gasteiger partial charge in [0.05, 0.1) is 19.8 Å². The van der Waals surface area contributed by atoms with E-state index in [1.165, 1.54) is 16.7 Å². The summed E-state index contributed by atoms with van der Waals surface area (Å²) < 4.78 is 17.2. The molecule has 1 N–H and O–H groups in total. The Hall–Kier alpha value is -2.04. The highest BCUT2D eigenvalue weighted by atomic mass is 16.5. The summed E-state index contributed by atoms with van der Waals surface area (Å²) >= 11 is 0. The molecule has 3 rings (SSSR count). The molecule has 170 valence electrons. The van der Waals surface area contributed by atoms with Gasteiger partial charge in [-0.3, -0.25) is 0 Å². The van der Waals surface area contributed by atoms with Gasteiger partial charge in [-0.2, -0.15) is 0 Å². The molecule has 4 heteroatoms. The van der Waals surface area contributed by atoms with Crippen molar-refractivity contribution >= 4 is 0 Å². The van der Waals surface area contributed by atoms with E-state index in [9.17, 15) is 0 Å². The minimum atomic E-state index is 0.171. The van der Waals surface area contributed by atoms with Crippen LogP contribution in [0.1, 0.15) is 56.7 Å². The van der Waals surface area contributed by atoms with E-state index in [0.717, 1.165) is 50.5 Å². The van der Waals surface area contributed by atoms with Crippen LogP contribution in [0.2, 0.25) is 0 Å². The average Bonchev–Trinajstić information content (AvgIpc) is 2.78. The van der Waals surface area contributed by atoms with Crippen LogP contribution in [0, 0.1) is 12.8 Å². The topological polar surface area (TPSA) is 39.7 Å². The summed E-state index contributed by atoms with van der Waals surface area (Å²) in [6, 6.07) is 15.3. The fourth-order valence-corrected chi connectivity index (χ4v) is 4.58. The van der Waals surface area contributed by atoms with E-state index in [0.29, 0.717) is 18.6 Å². The van der Waals surface area contributed by atoms with E-state index in [1.54, 1.807) is 7.11 Å². The van der Waals surface area contributed by atoms with Crippen LogP contribution in [0.25, 0.3) is 0 Å². The van der Waals surface area contributed by atoms with Crippen molar-refractivity contribution in [2.75, 3.05) is 26.9 Å². The van der Waals surface area contributed by atoms with Crippen LogP contribution >= 0.6 is 0 Å². The highest BCUT2D eigenvalue weighted by molar-refractivity contribution is 5.43. The summed E-state index contributed by atoms with van der Waals surface area (Å²) in [5, 5.41) is 3.66. The SMILES string of the molecule is CCOc1ccc(CNCC[C@]2(c3ccc(C)cc3)CCO[C@H](C(C)C)C2)cc1OC. The zero-order valence-electron chi connectivity index (χ0n) is 19.9. The Bertz CT molecular complexity index is 818. The van der Waals surface area contributed by atoms with Crippen molar-refractivity contribution < 1.29 is 14.2 Å². The molecule has 1 saturated heterocycles. The van der Waals surface area contributed by atoms with E-state index in [4.69, 9.17) is 14.2 Å². The van der Waals surface area contributed by atoms with Crippen LogP contribution < -0.4 is 14.8 Å². The maximum Gasteiger partial charge on any atom is 0.161 e. The molecule has 4 nitrogen and oxygen atoms in total. The zero-order valence-corrected chi connectivity index (χ0v) is 19.9. The second-order valence-corrected chi connectivity index (χ2v) is 9.10. The largest absolute Gasteiger partial charge is 0.493 e. The van der Waals surface area contributed by atoms with Gasteiger partial charge in [-0.15, -0.1) is 0 Å². The molecular weight excluding hydrogens is 386 g/mol. The molecule has 0 unspecified atom stereocenters. The monoisotopic (exact) mass is 425 g/mol. The first-order chi connectivity index (χ1) is 15.0. The summed E-state index contributed by atoms with van der Waals surface area (Å²) in [7, 11) is 1.69. The Morgan fingerprint density at radius 1 is 1.13 bits per heavy atom. The maximum atomic E-state index is 6.13. The lowest BCUT2D eigenvalue weighted by atomic mass is 9.68. The molecule has 1 fully saturated rings. The van der Waals surface area contributed by atoms with Gasteiger partial charge in [0.25, 0.3) is 0 Å². The van der Waals surface area contributed by atoms with Crippen LogP contribution in [0.3, 0.4) is 0 Å². The van der Waals surface area contributed by atoms with Gasteiger partial charge < -0.3 is 19.5 Å². The summed E-state index contributed by atoms with van der Waals surface area (Å²) in [6.45, 7) is 11.9. The van der Waals surface area contributed by atoms with Gasteiger partial charge in [-0.05, 0) is 68.8 Å². The van der Waals surface area contributed by atoms with Crippen molar-refractivity contribution in [1.82, 2.24) is 5.32 Å². The summed E-state index contributed by atoms with van der Waals surface area (Å²) in [5.74, 6) is 2.13. The Kier molecular flexibility index (Phi) is 8.39. The van der Waals surface area contributed by atoms with Crippen molar-refractivity contribution in [3.63, 3.8) is 0 Å². The Morgan fingerprint density at radius 3 is 2.58 bits per heavy atom. The van der Waals surface area contributed by atoms with Gasteiger partial charge >= 0.3 is 0 Å². The van der Waals surface area contributed by atoms with Gasteiger partial charge in [0, 0.05) is 18.6 Å². The molecule has 0 amide bonds. The molecule has 0 bridgehead atoms. The second kappa shape index (κ2) is 11.0. The van der Waals surface area contributed by atoms with E-state index in [1.807, 2.05) is 13.0 Å². The Balaban J connectivity index is 1.66. The first-order valence-corrected chi connectivity index (χ1v) is 11.7. The third kappa shape index (κ3) is 6.02. The lowest BCUT2D eigenvalue weighted by molar-refractivity contribution is -0.0469. The zero-order chi connectivity index (χ0) is 22.3. The summed E-state index contributed by atoms with van der Waals surface area (Å²) in [5.41, 5.74) is 4.15. The molecule has 1 aliphatic rings. The standard InChI is InChI=1S/C27H39NO3/c1-6-30-24-12-9-22(17-25(24)29-5)19-28-15-13-27(23-10-7-21(4)8-11-23)14-16-31-26(18-27)20(2)3/h7-12,17,20,26,28H,6,13-16,18-19H2,1-5H3/t26-,27-/m0/s1. The Labute approximate surface area is 188 Å². The normalized spacial score (nSPS) is 21.3. The number of benzene rings is 2. The first kappa shape index (κ1) is 23.6. The van der Waals surface area contributed by atoms with Crippen LogP contribution in [0.4, 0.5) is 0 Å². The molecule has 2 aromatic carbocycles. The van der Waals surface area contributed by atoms with Gasteiger partial charge in [0.2, 0.25) is 0 Å².